The fourth-order valence-corrected chi connectivity index (χ4v) is 2.35. The van der Waals surface area contributed by atoms with Gasteiger partial charge >= 0.3 is 0 Å². The van der Waals surface area contributed by atoms with E-state index < -0.39 is 0 Å². The number of aromatic nitrogens is 3. The molecule has 1 aliphatic heterocycles. The van der Waals surface area contributed by atoms with Gasteiger partial charge in [0.1, 0.15) is 5.52 Å². The Kier molecular flexibility index (Phi) is 2.97. The summed E-state index contributed by atoms with van der Waals surface area (Å²) in [5.41, 5.74) is 0.700. The lowest BCUT2D eigenvalue weighted by atomic mass is 10.2. The molecule has 3 heterocycles. The van der Waals surface area contributed by atoms with Crippen LogP contribution in [0.5, 0.6) is 5.75 Å². The fourth-order valence-electron chi connectivity index (χ4n) is 2.13. The fraction of sp³-hybridized carbons (Fsp3) is 0.455. The normalized spacial score (nSPS) is 16.2. The van der Waals surface area contributed by atoms with Crippen molar-refractivity contribution >= 4 is 28.3 Å². The van der Waals surface area contributed by atoms with Crippen LogP contribution in [-0.2, 0) is 4.74 Å². The monoisotopic (exact) mass is 268 g/mol. The highest BCUT2D eigenvalue weighted by Crippen LogP contribution is 2.36. The van der Waals surface area contributed by atoms with Crippen molar-refractivity contribution < 1.29 is 9.47 Å². The summed E-state index contributed by atoms with van der Waals surface area (Å²) in [5, 5.41) is 8.06. The molecule has 1 fully saturated rings. The summed E-state index contributed by atoms with van der Waals surface area (Å²) in [6.45, 7) is 2.93. The Balaban J connectivity index is 2.14. The summed E-state index contributed by atoms with van der Waals surface area (Å²) in [6.07, 6.45) is 1.70. The number of aromatic amines is 1. The van der Waals surface area contributed by atoms with Gasteiger partial charge in [-0.05, 0) is 0 Å². The number of fused-ring (bicyclic) bond motifs is 1. The second-order valence-corrected chi connectivity index (χ2v) is 4.38. The molecule has 0 bridgehead atoms. The molecule has 2 aromatic rings. The van der Waals surface area contributed by atoms with Gasteiger partial charge in [-0.3, -0.25) is 5.10 Å². The molecule has 0 unspecified atom stereocenters. The van der Waals surface area contributed by atoms with Crippen molar-refractivity contribution in [3.05, 3.63) is 11.3 Å². The van der Waals surface area contributed by atoms with Gasteiger partial charge in [-0.15, -0.1) is 0 Å². The highest BCUT2D eigenvalue weighted by molar-refractivity contribution is 6.34. The molecule has 0 spiro atoms. The van der Waals surface area contributed by atoms with Crippen molar-refractivity contribution in [1.29, 1.82) is 0 Å². The summed E-state index contributed by atoms with van der Waals surface area (Å²) < 4.78 is 10.8. The van der Waals surface area contributed by atoms with Crippen molar-refractivity contribution in [3.8, 4) is 5.75 Å². The number of hydrogen-bond acceptors (Lipinski definition) is 5. The Hall–Kier alpha value is -1.53. The molecule has 0 saturated carbocycles. The van der Waals surface area contributed by atoms with Crippen LogP contribution in [0.3, 0.4) is 0 Å². The Bertz CT molecular complexity index is 565. The van der Waals surface area contributed by atoms with Crippen LogP contribution in [0.2, 0.25) is 5.15 Å². The molecule has 2 aromatic heterocycles. The maximum Gasteiger partial charge on any atom is 0.173 e. The summed E-state index contributed by atoms with van der Waals surface area (Å²) in [6, 6.07) is 0. The van der Waals surface area contributed by atoms with Crippen molar-refractivity contribution in [2.24, 2.45) is 0 Å². The van der Waals surface area contributed by atoms with E-state index in [1.165, 1.54) is 0 Å². The van der Waals surface area contributed by atoms with Crippen LogP contribution < -0.4 is 9.64 Å². The summed E-state index contributed by atoms with van der Waals surface area (Å²) in [7, 11) is 1.63. The number of halogens is 1. The zero-order valence-corrected chi connectivity index (χ0v) is 10.7. The number of rotatable bonds is 2. The van der Waals surface area contributed by atoms with Crippen LogP contribution in [0.15, 0.2) is 6.20 Å². The van der Waals surface area contributed by atoms with E-state index in [1.54, 1.807) is 13.3 Å². The van der Waals surface area contributed by atoms with E-state index in [1.807, 2.05) is 0 Å². The first kappa shape index (κ1) is 11.6. The van der Waals surface area contributed by atoms with Gasteiger partial charge < -0.3 is 14.4 Å². The number of nitrogens with zero attached hydrogens (tertiary/aromatic N) is 3. The third-order valence-corrected chi connectivity index (χ3v) is 3.29. The summed E-state index contributed by atoms with van der Waals surface area (Å²) >= 11 is 6.16. The van der Waals surface area contributed by atoms with Gasteiger partial charge in [-0.1, -0.05) is 11.6 Å². The van der Waals surface area contributed by atoms with Crippen LogP contribution in [0, 0.1) is 0 Å². The van der Waals surface area contributed by atoms with Crippen LogP contribution in [0.4, 0.5) is 5.82 Å². The zero-order chi connectivity index (χ0) is 12.5. The lowest BCUT2D eigenvalue weighted by Crippen LogP contribution is -2.37. The summed E-state index contributed by atoms with van der Waals surface area (Å²) in [4.78, 5) is 6.52. The Morgan fingerprint density at radius 2 is 2.22 bits per heavy atom. The van der Waals surface area contributed by atoms with Gasteiger partial charge in [0.25, 0.3) is 0 Å². The number of pyridine rings is 1. The average Bonchev–Trinajstić information content (AvgIpc) is 2.89. The van der Waals surface area contributed by atoms with Crippen molar-refractivity contribution in [3.63, 3.8) is 0 Å². The smallest absolute Gasteiger partial charge is 0.173 e. The molecule has 0 radical (unpaired) electrons. The van der Waals surface area contributed by atoms with Crippen LogP contribution in [-0.4, -0.2) is 48.6 Å². The molecule has 6 nitrogen and oxygen atoms in total. The van der Waals surface area contributed by atoms with Crippen LogP contribution >= 0.6 is 11.6 Å². The minimum absolute atomic E-state index is 0.407. The van der Waals surface area contributed by atoms with Gasteiger partial charge in [-0.2, -0.15) is 5.10 Å². The van der Waals surface area contributed by atoms with E-state index in [2.05, 4.69) is 20.1 Å². The molecular weight excluding hydrogens is 256 g/mol. The van der Waals surface area contributed by atoms with E-state index in [4.69, 9.17) is 21.1 Å². The minimum Gasteiger partial charge on any atom is -0.492 e. The number of anilines is 1. The standard InChI is InChI=1S/C11H13ClN4O2/c1-17-9-7-6-13-15-8(7)10(12)14-11(9)16-2-4-18-5-3-16/h6H,2-5H2,1H3,(H,13,15). The number of methoxy groups -OCH3 is 1. The van der Waals surface area contributed by atoms with Gasteiger partial charge in [0, 0.05) is 13.1 Å². The highest BCUT2D eigenvalue weighted by Gasteiger charge is 2.21. The SMILES string of the molecule is COc1c(N2CCOCC2)nc(Cl)c2[nH]ncc12. The molecule has 0 aromatic carbocycles. The molecule has 0 aliphatic carbocycles. The number of ether oxygens (including phenoxy) is 2. The van der Waals surface area contributed by atoms with Crippen molar-refractivity contribution in [2.75, 3.05) is 38.3 Å². The Labute approximate surface area is 109 Å². The topological polar surface area (TPSA) is 63.3 Å². The quantitative estimate of drug-likeness (QED) is 0.836. The van der Waals surface area contributed by atoms with Gasteiger partial charge in [0.2, 0.25) is 0 Å². The van der Waals surface area contributed by atoms with Crippen molar-refractivity contribution in [1.82, 2.24) is 15.2 Å². The lowest BCUT2D eigenvalue weighted by Gasteiger charge is -2.29. The number of morpholine rings is 1. The Morgan fingerprint density at radius 1 is 1.44 bits per heavy atom. The molecule has 3 rings (SSSR count). The summed E-state index contributed by atoms with van der Waals surface area (Å²) in [5.74, 6) is 1.45. The second kappa shape index (κ2) is 4.62. The molecule has 96 valence electrons. The predicted molar refractivity (Wildman–Crippen MR) is 68.5 cm³/mol. The van der Waals surface area contributed by atoms with Gasteiger partial charge in [0.05, 0.1) is 31.9 Å². The van der Waals surface area contributed by atoms with Crippen LogP contribution in [0.1, 0.15) is 0 Å². The third-order valence-electron chi connectivity index (χ3n) is 3.01. The molecule has 0 atom stereocenters. The van der Waals surface area contributed by atoms with E-state index >= 15 is 0 Å². The largest absolute Gasteiger partial charge is 0.492 e. The number of nitrogens with one attached hydrogen (secondary N) is 1. The minimum atomic E-state index is 0.407. The van der Waals surface area contributed by atoms with Crippen molar-refractivity contribution in [2.45, 2.75) is 0 Å². The molecule has 1 N–H and O–H groups in total. The first-order valence-electron chi connectivity index (χ1n) is 5.70. The molecule has 1 saturated heterocycles. The van der Waals surface area contributed by atoms with E-state index in [0.29, 0.717) is 29.6 Å². The Morgan fingerprint density at radius 3 is 2.94 bits per heavy atom. The zero-order valence-electron chi connectivity index (χ0n) is 9.94. The predicted octanol–water partition coefficient (Wildman–Crippen LogP) is 1.46. The number of hydrogen-bond donors (Lipinski definition) is 1. The van der Waals surface area contributed by atoms with Gasteiger partial charge in [-0.25, -0.2) is 4.98 Å². The first-order valence-corrected chi connectivity index (χ1v) is 6.08. The molecule has 7 heteroatoms. The number of H-pyrrole nitrogens is 1. The molecule has 1 aliphatic rings. The highest BCUT2D eigenvalue weighted by atomic mass is 35.5. The third kappa shape index (κ3) is 1.77. The lowest BCUT2D eigenvalue weighted by molar-refractivity contribution is 0.122. The average molecular weight is 269 g/mol. The molecule has 18 heavy (non-hydrogen) atoms. The van der Waals surface area contributed by atoms with E-state index in [9.17, 15) is 0 Å². The molecule has 0 amide bonds. The first-order chi connectivity index (χ1) is 8.81. The maximum atomic E-state index is 6.16. The van der Waals surface area contributed by atoms with Crippen LogP contribution in [0.25, 0.3) is 10.9 Å². The van der Waals surface area contributed by atoms with E-state index in [-0.39, 0.29) is 0 Å². The molecular formula is C11H13ClN4O2. The second-order valence-electron chi connectivity index (χ2n) is 4.02. The maximum absolute atomic E-state index is 6.16. The van der Waals surface area contributed by atoms with Gasteiger partial charge in [0.15, 0.2) is 16.7 Å². The van der Waals surface area contributed by atoms with E-state index in [0.717, 1.165) is 24.3 Å².